The highest BCUT2D eigenvalue weighted by Gasteiger charge is 2.54. The van der Waals surface area contributed by atoms with Crippen LogP contribution in [0, 0.1) is 0 Å². The van der Waals surface area contributed by atoms with Crippen LogP contribution in [0.3, 0.4) is 0 Å². The Balaban J connectivity index is 1.70. The molecule has 0 saturated carbocycles. The molecule has 3 aliphatic rings. The maximum absolute atomic E-state index is 12.1. The molecule has 17 atom stereocenters. The van der Waals surface area contributed by atoms with Crippen molar-refractivity contribution in [3.8, 4) is 0 Å². The molecule has 272 valence electrons. The van der Waals surface area contributed by atoms with Crippen LogP contribution in [0.4, 0.5) is 0 Å². The molecule has 0 spiro atoms. The van der Waals surface area contributed by atoms with E-state index in [1.807, 2.05) is 0 Å². The molecule has 28 heteroatoms. The zero-order valence-corrected chi connectivity index (χ0v) is 25.6. The highest BCUT2D eigenvalue weighted by Crippen LogP contribution is 2.66. The monoisotopic (exact) mass is 744 g/mol. The van der Waals surface area contributed by atoms with Crippen LogP contribution in [-0.4, -0.2) is 183 Å². The smallest absolute Gasteiger partial charge is 0.394 e. The molecule has 2 unspecified atom stereocenters. The van der Waals surface area contributed by atoms with Gasteiger partial charge in [-0.2, -0.15) is 8.62 Å². The van der Waals surface area contributed by atoms with E-state index >= 15 is 0 Å². The van der Waals surface area contributed by atoms with Crippen molar-refractivity contribution in [2.75, 3.05) is 19.8 Å². The third-order valence-corrected chi connectivity index (χ3v) is 10.5. The number of ether oxygens (including phenoxy) is 5. The van der Waals surface area contributed by atoms with Crippen molar-refractivity contribution >= 4 is 23.5 Å². The van der Waals surface area contributed by atoms with Gasteiger partial charge in [0.1, 0.15) is 73.2 Å². The molecule has 0 bridgehead atoms. The lowest BCUT2D eigenvalue weighted by atomic mass is 9.96. The Bertz CT molecular complexity index is 1130. The highest BCUT2D eigenvalue weighted by atomic mass is 31.3. The molecule has 0 aliphatic carbocycles. The highest BCUT2D eigenvalue weighted by molar-refractivity contribution is 7.66. The summed E-state index contributed by atoms with van der Waals surface area (Å²) >= 11 is 0. The van der Waals surface area contributed by atoms with Gasteiger partial charge in [-0.05, 0) is 0 Å². The minimum Gasteiger partial charge on any atom is -0.394 e. The van der Waals surface area contributed by atoms with Gasteiger partial charge in [0.25, 0.3) is 0 Å². The molecule has 0 amide bonds. The molecule has 3 heterocycles. The van der Waals surface area contributed by atoms with E-state index in [2.05, 4.69) is 13.1 Å². The molecule has 0 aromatic heterocycles. The van der Waals surface area contributed by atoms with E-state index < -0.39 is 135 Å². The van der Waals surface area contributed by atoms with Gasteiger partial charge in [0.2, 0.25) is 0 Å². The zero-order chi connectivity index (χ0) is 34.9. The summed E-state index contributed by atoms with van der Waals surface area (Å²) in [4.78, 5) is 36.2. The average Bonchev–Trinajstić information content (AvgIpc) is 2.94. The number of rotatable bonds is 13. The first-order chi connectivity index (χ1) is 21.1. The largest absolute Gasteiger partial charge is 0.490 e. The van der Waals surface area contributed by atoms with Crippen molar-refractivity contribution in [3.63, 3.8) is 0 Å². The number of hydrogen-bond acceptors (Lipinski definition) is 21. The number of aliphatic hydroxyl groups excluding tert-OH is 10. The van der Waals surface area contributed by atoms with Gasteiger partial charge in [-0.3, -0.25) is 4.52 Å². The fraction of sp³-hybridized carbons (Fsp3) is 1.00. The minimum atomic E-state index is -5.98. The Hall–Kier alpha value is -0.190. The summed E-state index contributed by atoms with van der Waals surface area (Å²) < 4.78 is 72.3. The first-order valence-corrected chi connectivity index (χ1v) is 17.4. The van der Waals surface area contributed by atoms with Crippen molar-refractivity contribution in [3.05, 3.63) is 0 Å². The fourth-order valence-electron chi connectivity index (χ4n) is 4.56. The third kappa shape index (κ3) is 9.74. The van der Waals surface area contributed by atoms with Gasteiger partial charge in [-0.1, -0.05) is 0 Å². The van der Waals surface area contributed by atoms with E-state index in [-0.39, 0.29) is 0 Å². The van der Waals surface area contributed by atoms with E-state index in [9.17, 15) is 74.5 Å². The van der Waals surface area contributed by atoms with Crippen molar-refractivity contribution in [1.82, 2.24) is 0 Å². The Morgan fingerprint density at radius 1 is 0.478 bits per heavy atom. The summed E-state index contributed by atoms with van der Waals surface area (Å²) in [5.74, 6) is 0. The first-order valence-electron chi connectivity index (χ1n) is 12.8. The molecule has 0 radical (unpaired) electrons. The van der Waals surface area contributed by atoms with E-state index in [4.69, 9.17) is 33.5 Å². The van der Waals surface area contributed by atoms with Crippen LogP contribution in [0.1, 0.15) is 0 Å². The normalized spacial score (nSPS) is 45.1. The Labute approximate surface area is 257 Å². The maximum atomic E-state index is 12.1. The van der Waals surface area contributed by atoms with Crippen molar-refractivity contribution in [1.29, 1.82) is 0 Å². The fourth-order valence-corrected chi connectivity index (χ4v) is 7.66. The number of phosphoric acid groups is 3. The molecule has 14 N–H and O–H groups in total. The molecule has 3 rings (SSSR count). The topological polar surface area (TPSA) is 408 Å². The molecule has 3 fully saturated rings. The van der Waals surface area contributed by atoms with Gasteiger partial charge in [0, 0.05) is 0 Å². The molecule has 0 aromatic rings. The second kappa shape index (κ2) is 15.8. The van der Waals surface area contributed by atoms with Crippen LogP contribution >= 0.6 is 23.5 Å². The predicted octanol–water partition coefficient (Wildman–Crippen LogP) is -7.22. The summed E-state index contributed by atoms with van der Waals surface area (Å²) in [6.45, 7) is -2.95. The van der Waals surface area contributed by atoms with E-state index in [1.54, 1.807) is 0 Å². The molecular formula is C18H35O25P3. The zero-order valence-electron chi connectivity index (χ0n) is 22.9. The molecule has 0 aromatic carbocycles. The molecule has 46 heavy (non-hydrogen) atoms. The van der Waals surface area contributed by atoms with Gasteiger partial charge in [0.15, 0.2) is 18.9 Å². The van der Waals surface area contributed by atoms with Crippen molar-refractivity contribution < 1.29 is 121 Å². The van der Waals surface area contributed by atoms with Crippen LogP contribution in [0.5, 0.6) is 0 Å². The van der Waals surface area contributed by atoms with Gasteiger partial charge in [0.05, 0.1) is 19.8 Å². The van der Waals surface area contributed by atoms with Crippen LogP contribution in [-0.2, 0) is 50.5 Å². The lowest BCUT2D eigenvalue weighted by Crippen LogP contribution is -2.66. The average molecular weight is 744 g/mol. The third-order valence-electron chi connectivity index (χ3n) is 6.73. The first kappa shape index (κ1) is 40.2. The lowest BCUT2D eigenvalue weighted by Gasteiger charge is -2.48. The Kier molecular flexibility index (Phi) is 13.8. The summed E-state index contributed by atoms with van der Waals surface area (Å²) in [7, 11) is -17.6. The molecule has 3 saturated heterocycles. The van der Waals surface area contributed by atoms with Crippen molar-refractivity contribution in [2.45, 2.75) is 92.1 Å². The summed E-state index contributed by atoms with van der Waals surface area (Å²) in [5, 5.41) is 101. The summed E-state index contributed by atoms with van der Waals surface area (Å²) in [5.41, 5.74) is 0. The number of aliphatic hydroxyl groups is 10. The van der Waals surface area contributed by atoms with Gasteiger partial charge >= 0.3 is 23.5 Å². The van der Waals surface area contributed by atoms with Crippen LogP contribution in [0.2, 0.25) is 0 Å². The van der Waals surface area contributed by atoms with E-state index in [0.717, 1.165) is 0 Å². The van der Waals surface area contributed by atoms with Gasteiger partial charge < -0.3 is 94.3 Å². The van der Waals surface area contributed by atoms with E-state index in [1.165, 1.54) is 0 Å². The Morgan fingerprint density at radius 2 is 0.870 bits per heavy atom. The minimum absolute atomic E-state index is 0.831. The predicted molar refractivity (Wildman–Crippen MR) is 134 cm³/mol. The SMILES string of the molecule is O=P(O)(O)OP(=O)(O)OP(=O)(O)O[C@@H]1O[C@H](CO)[C@@H](O[C@H]2O[C@H](CO)[C@@H](O[C@H]3O[C@H](CO)[C@@H](O)[C@H](O)[C@H]3O)[C@H](O)[C@H]2O)[C@H](O)[C@H]1O. The summed E-state index contributed by atoms with van der Waals surface area (Å²) in [6, 6.07) is 0. The maximum Gasteiger partial charge on any atom is 0.490 e. The number of hydrogen-bond donors (Lipinski definition) is 14. The van der Waals surface area contributed by atoms with Gasteiger partial charge in [-0.25, -0.2) is 13.7 Å². The molecule has 25 nitrogen and oxygen atoms in total. The second-order valence-corrected chi connectivity index (χ2v) is 14.4. The molecule has 3 aliphatic heterocycles. The Morgan fingerprint density at radius 3 is 1.30 bits per heavy atom. The van der Waals surface area contributed by atoms with Crippen LogP contribution in [0.15, 0.2) is 0 Å². The molecular weight excluding hydrogens is 709 g/mol. The standard InChI is InChI=1S/C18H35O25P3/c19-1-4-7(22)8(23)11(26)16(36-4)39-14-5(2-20)37-17(12(27)9(14)24)40-15-6(3-21)38-18(13(28)10(15)25)41-45(32,33)43-46(34,35)42-44(29,30)31/h4-28H,1-3H2,(H,32,33)(H,34,35)(H2,29,30,31)/t4-,5-,6-,7-,8+,9-,10-,11-,12-,13-,14-,15-,16-,17-,18+/m1/s1. The van der Waals surface area contributed by atoms with Crippen molar-refractivity contribution in [2.24, 2.45) is 0 Å². The second-order valence-electron chi connectivity index (χ2n) is 10.0. The number of phosphoric ester groups is 1. The quantitative estimate of drug-likeness (QED) is 0.0779. The van der Waals surface area contributed by atoms with Crippen LogP contribution < -0.4 is 0 Å². The summed E-state index contributed by atoms with van der Waals surface area (Å²) in [6.07, 6.45) is -29.5. The van der Waals surface area contributed by atoms with Gasteiger partial charge in [-0.15, -0.1) is 0 Å². The van der Waals surface area contributed by atoms with E-state index in [0.29, 0.717) is 0 Å². The van der Waals surface area contributed by atoms with Crippen LogP contribution in [0.25, 0.3) is 0 Å². The lowest BCUT2D eigenvalue weighted by molar-refractivity contribution is -0.377.